The topological polar surface area (TPSA) is 51.5 Å². The minimum atomic E-state index is 0.0339. The Morgan fingerprint density at radius 2 is 2.29 bits per heavy atom. The molecule has 0 radical (unpaired) electrons. The summed E-state index contributed by atoms with van der Waals surface area (Å²) in [6.45, 7) is 9.50. The first-order valence-corrected chi connectivity index (χ1v) is 7.63. The van der Waals surface area contributed by atoms with Gasteiger partial charge in [-0.1, -0.05) is 19.1 Å². The molecule has 0 saturated heterocycles. The van der Waals surface area contributed by atoms with Gasteiger partial charge in [-0.3, -0.25) is 4.79 Å². The highest BCUT2D eigenvalue weighted by atomic mass is 16.5. The molecule has 1 heterocycles. The van der Waals surface area contributed by atoms with Gasteiger partial charge in [-0.2, -0.15) is 0 Å². The number of carbonyl (C=O) groups excluding carboxylic acids is 1. The molecule has 0 aliphatic heterocycles. The monoisotopic (exact) mass is 291 g/mol. The van der Waals surface area contributed by atoms with Crippen LogP contribution in [0.25, 0.3) is 0 Å². The lowest BCUT2D eigenvalue weighted by Gasteiger charge is -2.05. The van der Waals surface area contributed by atoms with Crippen molar-refractivity contribution in [3.05, 3.63) is 35.8 Å². The maximum atomic E-state index is 11.7. The molecular formula is C17H25NO3. The first-order valence-electron chi connectivity index (χ1n) is 7.63. The normalized spacial score (nSPS) is 20.3. The molecule has 0 spiro atoms. The third-order valence-corrected chi connectivity index (χ3v) is 3.67. The maximum absolute atomic E-state index is 11.7. The number of hydrogen-bond donors (Lipinski definition) is 1. The van der Waals surface area contributed by atoms with E-state index in [1.165, 1.54) is 6.42 Å². The van der Waals surface area contributed by atoms with Crippen LogP contribution in [0.15, 0.2) is 28.7 Å². The van der Waals surface area contributed by atoms with E-state index < -0.39 is 0 Å². The van der Waals surface area contributed by atoms with Crippen molar-refractivity contribution in [2.75, 3.05) is 19.8 Å². The summed E-state index contributed by atoms with van der Waals surface area (Å²) >= 11 is 0. The Balaban J connectivity index is 1.58. The van der Waals surface area contributed by atoms with Crippen LogP contribution in [-0.4, -0.2) is 25.7 Å². The molecule has 2 rings (SSSR count). The third kappa shape index (κ3) is 5.38. The van der Waals surface area contributed by atoms with Gasteiger partial charge in [0.2, 0.25) is 5.91 Å². The fraction of sp³-hybridized carbons (Fsp3) is 0.588. The van der Waals surface area contributed by atoms with Crippen LogP contribution in [0.2, 0.25) is 0 Å². The van der Waals surface area contributed by atoms with E-state index in [1.54, 1.807) is 0 Å². The number of aryl methyl sites for hydroxylation is 1. The molecule has 1 aliphatic carbocycles. The van der Waals surface area contributed by atoms with Crippen molar-refractivity contribution in [1.82, 2.24) is 5.32 Å². The molecule has 1 fully saturated rings. The van der Waals surface area contributed by atoms with Crippen LogP contribution in [0.4, 0.5) is 0 Å². The molecule has 1 aromatic rings. The first-order chi connectivity index (χ1) is 10.1. The minimum Gasteiger partial charge on any atom is -0.466 e. The van der Waals surface area contributed by atoms with E-state index in [4.69, 9.17) is 9.15 Å². The summed E-state index contributed by atoms with van der Waals surface area (Å²) < 4.78 is 11.1. The van der Waals surface area contributed by atoms with Crippen molar-refractivity contribution < 1.29 is 13.9 Å². The number of carbonyl (C=O) groups is 1. The summed E-state index contributed by atoms with van der Waals surface area (Å²) in [4.78, 5) is 11.7. The van der Waals surface area contributed by atoms with E-state index in [1.807, 2.05) is 19.1 Å². The van der Waals surface area contributed by atoms with Crippen molar-refractivity contribution in [1.29, 1.82) is 0 Å². The highest BCUT2D eigenvalue weighted by Gasteiger charge is 2.36. The van der Waals surface area contributed by atoms with Crippen LogP contribution in [0.1, 0.15) is 44.1 Å². The van der Waals surface area contributed by atoms with E-state index in [0.717, 1.165) is 23.0 Å². The lowest BCUT2D eigenvalue weighted by Crippen LogP contribution is -2.27. The third-order valence-electron chi connectivity index (χ3n) is 3.67. The summed E-state index contributed by atoms with van der Waals surface area (Å²) in [5, 5.41) is 2.84. The van der Waals surface area contributed by atoms with Crippen LogP contribution >= 0.6 is 0 Å². The standard InChI is InChI=1S/C17H25NO3/c1-12(2)11-20-9-8-18-17(19)7-5-14-4-6-16(21-14)15-10-13(15)3/h4,6,13,15H,1,5,7-11H2,2-3H3,(H,18,19). The van der Waals surface area contributed by atoms with E-state index in [9.17, 15) is 4.79 Å². The van der Waals surface area contributed by atoms with Crippen LogP contribution in [0, 0.1) is 5.92 Å². The molecule has 0 aromatic carbocycles. The highest BCUT2D eigenvalue weighted by molar-refractivity contribution is 5.76. The maximum Gasteiger partial charge on any atom is 0.220 e. The summed E-state index contributed by atoms with van der Waals surface area (Å²) in [6, 6.07) is 4.04. The Morgan fingerprint density at radius 3 is 2.95 bits per heavy atom. The van der Waals surface area contributed by atoms with Gasteiger partial charge in [0, 0.05) is 25.3 Å². The number of furan rings is 1. The van der Waals surface area contributed by atoms with Gasteiger partial charge in [0.1, 0.15) is 11.5 Å². The first kappa shape index (κ1) is 15.8. The van der Waals surface area contributed by atoms with Crippen LogP contribution in [-0.2, 0) is 16.0 Å². The van der Waals surface area contributed by atoms with Gasteiger partial charge in [-0.15, -0.1) is 0 Å². The molecule has 1 N–H and O–H groups in total. The number of nitrogens with one attached hydrogen (secondary N) is 1. The van der Waals surface area contributed by atoms with Crippen molar-refractivity contribution in [2.45, 2.75) is 39.0 Å². The summed E-state index contributed by atoms with van der Waals surface area (Å²) in [7, 11) is 0. The smallest absolute Gasteiger partial charge is 0.220 e. The van der Waals surface area contributed by atoms with Crippen molar-refractivity contribution in [3.8, 4) is 0 Å². The van der Waals surface area contributed by atoms with Gasteiger partial charge in [0.15, 0.2) is 0 Å². The van der Waals surface area contributed by atoms with Crippen molar-refractivity contribution >= 4 is 5.91 Å². The lowest BCUT2D eigenvalue weighted by atomic mass is 10.2. The number of amides is 1. The summed E-state index contributed by atoms with van der Waals surface area (Å²) in [6.07, 6.45) is 2.32. The van der Waals surface area contributed by atoms with E-state index >= 15 is 0 Å². The van der Waals surface area contributed by atoms with Crippen molar-refractivity contribution in [2.24, 2.45) is 5.92 Å². The van der Waals surface area contributed by atoms with Gasteiger partial charge in [0.25, 0.3) is 0 Å². The number of hydrogen-bond acceptors (Lipinski definition) is 3. The summed E-state index contributed by atoms with van der Waals surface area (Å²) in [5.41, 5.74) is 0.986. The zero-order valence-corrected chi connectivity index (χ0v) is 13.0. The predicted octanol–water partition coefficient (Wildman–Crippen LogP) is 3.04. The zero-order chi connectivity index (χ0) is 15.2. The SMILES string of the molecule is C=C(C)COCCNC(=O)CCc1ccc(C2CC2C)o1. The molecule has 2 unspecified atom stereocenters. The van der Waals surface area contributed by atoms with Crippen molar-refractivity contribution in [3.63, 3.8) is 0 Å². The molecule has 4 nitrogen and oxygen atoms in total. The quantitative estimate of drug-likeness (QED) is 0.562. The Hall–Kier alpha value is -1.55. The fourth-order valence-corrected chi connectivity index (χ4v) is 2.28. The van der Waals surface area contributed by atoms with Crippen LogP contribution in [0.5, 0.6) is 0 Å². The highest BCUT2D eigenvalue weighted by Crippen LogP contribution is 2.47. The summed E-state index contributed by atoms with van der Waals surface area (Å²) in [5.74, 6) is 3.35. The molecule has 2 atom stereocenters. The molecule has 0 bridgehead atoms. The Labute approximate surface area is 126 Å². The van der Waals surface area contributed by atoms with Gasteiger partial charge in [0.05, 0.1) is 13.2 Å². The molecule has 1 aliphatic rings. The molecule has 1 saturated carbocycles. The largest absolute Gasteiger partial charge is 0.466 e. The minimum absolute atomic E-state index is 0.0339. The average Bonchev–Trinajstić information content (AvgIpc) is 2.99. The number of ether oxygens (including phenoxy) is 1. The molecule has 1 amide bonds. The van der Waals surface area contributed by atoms with Crippen LogP contribution < -0.4 is 5.32 Å². The van der Waals surface area contributed by atoms with Crippen LogP contribution in [0.3, 0.4) is 0 Å². The second-order valence-electron chi connectivity index (χ2n) is 5.98. The van der Waals surface area contributed by atoms with E-state index in [0.29, 0.717) is 38.5 Å². The average molecular weight is 291 g/mol. The van der Waals surface area contributed by atoms with E-state index in [-0.39, 0.29) is 5.91 Å². The number of rotatable bonds is 9. The lowest BCUT2D eigenvalue weighted by molar-refractivity contribution is -0.121. The van der Waals surface area contributed by atoms with Gasteiger partial charge >= 0.3 is 0 Å². The fourth-order valence-electron chi connectivity index (χ4n) is 2.28. The molecular weight excluding hydrogens is 266 g/mol. The van der Waals surface area contributed by atoms with Gasteiger partial charge in [-0.05, 0) is 31.4 Å². The second-order valence-corrected chi connectivity index (χ2v) is 5.98. The predicted molar refractivity (Wildman–Crippen MR) is 82.2 cm³/mol. The molecule has 116 valence electrons. The van der Waals surface area contributed by atoms with Gasteiger partial charge < -0.3 is 14.5 Å². The van der Waals surface area contributed by atoms with Gasteiger partial charge in [-0.25, -0.2) is 0 Å². The Bertz CT molecular complexity index is 492. The molecule has 21 heavy (non-hydrogen) atoms. The molecule has 1 aromatic heterocycles. The van der Waals surface area contributed by atoms with E-state index in [2.05, 4.69) is 18.8 Å². The molecule has 4 heteroatoms. The Kier molecular flexibility index (Phi) is 5.62. The zero-order valence-electron chi connectivity index (χ0n) is 13.0. The second kappa shape index (κ2) is 7.46. The Morgan fingerprint density at radius 1 is 1.52 bits per heavy atom.